The van der Waals surface area contributed by atoms with E-state index in [1.807, 2.05) is 38.1 Å². The van der Waals surface area contributed by atoms with E-state index in [4.69, 9.17) is 4.74 Å². The fourth-order valence-electron chi connectivity index (χ4n) is 5.08. The van der Waals surface area contributed by atoms with Gasteiger partial charge in [0.05, 0.1) is 17.7 Å². The number of aliphatic hydroxyl groups is 1. The van der Waals surface area contributed by atoms with Crippen molar-refractivity contribution in [1.82, 2.24) is 4.98 Å². The molecule has 5 rings (SSSR count). The highest BCUT2D eigenvalue weighted by molar-refractivity contribution is 6.51. The Morgan fingerprint density at radius 3 is 2.30 bits per heavy atom. The average molecular weight is 498 g/mol. The lowest BCUT2D eigenvalue weighted by Crippen LogP contribution is -2.30. The Hall–Kier alpha value is -4.13. The van der Waals surface area contributed by atoms with E-state index in [1.165, 1.54) is 24.2 Å². The van der Waals surface area contributed by atoms with Crippen LogP contribution in [0.3, 0.4) is 0 Å². The molecule has 2 aromatic carbocycles. The molecule has 190 valence electrons. The highest BCUT2D eigenvalue weighted by Crippen LogP contribution is 2.42. The number of amides is 1. The Morgan fingerprint density at radius 2 is 1.62 bits per heavy atom. The van der Waals surface area contributed by atoms with Crippen LogP contribution in [0.1, 0.15) is 50.3 Å². The van der Waals surface area contributed by atoms with Crippen molar-refractivity contribution in [2.24, 2.45) is 0 Å². The zero-order chi connectivity index (χ0) is 25.9. The Morgan fingerprint density at radius 1 is 0.946 bits per heavy atom. The molecule has 37 heavy (non-hydrogen) atoms. The van der Waals surface area contributed by atoms with Crippen LogP contribution in [0.5, 0.6) is 5.75 Å². The molecule has 1 aromatic heterocycles. The third-order valence-corrected chi connectivity index (χ3v) is 6.79. The minimum atomic E-state index is -0.793. The normalized spacial score (nSPS) is 19.5. The summed E-state index contributed by atoms with van der Waals surface area (Å²) in [7, 11) is 0. The molecule has 7 heteroatoms. The van der Waals surface area contributed by atoms with Crippen LogP contribution in [0.25, 0.3) is 5.76 Å². The lowest BCUT2D eigenvalue weighted by atomic mass is 9.95. The summed E-state index contributed by atoms with van der Waals surface area (Å²) in [5.41, 5.74) is 2.84. The number of aromatic nitrogens is 1. The summed E-state index contributed by atoms with van der Waals surface area (Å²) in [5, 5.41) is 11.4. The summed E-state index contributed by atoms with van der Waals surface area (Å²) in [6, 6.07) is 17.4. The van der Waals surface area contributed by atoms with E-state index in [1.54, 1.807) is 48.8 Å². The van der Waals surface area contributed by atoms with Gasteiger partial charge in [-0.25, -0.2) is 0 Å². The molecule has 2 aliphatic heterocycles. The van der Waals surface area contributed by atoms with Gasteiger partial charge in [-0.05, 0) is 87.2 Å². The van der Waals surface area contributed by atoms with E-state index < -0.39 is 17.7 Å². The van der Waals surface area contributed by atoms with Crippen LogP contribution in [0.2, 0.25) is 0 Å². The molecule has 1 N–H and O–H groups in total. The van der Waals surface area contributed by atoms with Crippen LogP contribution >= 0.6 is 0 Å². The Kier molecular flexibility index (Phi) is 6.95. The molecule has 3 aromatic rings. The number of ether oxygens (including phenoxy) is 1. The predicted octanol–water partition coefficient (Wildman–Crippen LogP) is 5.49. The quantitative estimate of drug-likeness (QED) is 0.276. The number of ketones is 1. The number of hydrogen-bond donors (Lipinski definition) is 1. The molecule has 0 bridgehead atoms. The van der Waals surface area contributed by atoms with E-state index in [0.717, 1.165) is 18.8 Å². The minimum Gasteiger partial charge on any atom is -0.507 e. The second kappa shape index (κ2) is 10.5. The first kappa shape index (κ1) is 24.6. The summed E-state index contributed by atoms with van der Waals surface area (Å²) in [5.74, 6) is -1.07. The van der Waals surface area contributed by atoms with Gasteiger partial charge in [-0.1, -0.05) is 12.1 Å². The van der Waals surface area contributed by atoms with Crippen molar-refractivity contribution in [3.8, 4) is 5.75 Å². The molecule has 0 radical (unpaired) electrons. The topological polar surface area (TPSA) is 83.0 Å². The largest absolute Gasteiger partial charge is 0.507 e. The molecule has 1 unspecified atom stereocenters. The van der Waals surface area contributed by atoms with Gasteiger partial charge >= 0.3 is 0 Å². The molecule has 2 aliphatic rings. The van der Waals surface area contributed by atoms with E-state index in [0.29, 0.717) is 22.6 Å². The monoisotopic (exact) mass is 497 g/mol. The summed E-state index contributed by atoms with van der Waals surface area (Å²) in [6.45, 7) is 5.86. The van der Waals surface area contributed by atoms with Gasteiger partial charge in [0, 0.05) is 42.4 Å². The molecule has 2 saturated heterocycles. The van der Waals surface area contributed by atoms with E-state index >= 15 is 0 Å². The number of piperidine rings is 1. The Labute approximate surface area is 217 Å². The zero-order valence-electron chi connectivity index (χ0n) is 21.1. The van der Waals surface area contributed by atoms with Crippen molar-refractivity contribution in [2.45, 2.75) is 45.3 Å². The number of rotatable bonds is 6. The summed E-state index contributed by atoms with van der Waals surface area (Å²) in [6.07, 6.45) is 6.77. The van der Waals surface area contributed by atoms with Crippen LogP contribution in [-0.2, 0) is 9.59 Å². The van der Waals surface area contributed by atoms with Crippen molar-refractivity contribution in [3.63, 3.8) is 0 Å². The van der Waals surface area contributed by atoms with E-state index in [2.05, 4.69) is 9.88 Å². The lowest BCUT2D eigenvalue weighted by Gasteiger charge is -2.30. The summed E-state index contributed by atoms with van der Waals surface area (Å²) >= 11 is 0. The first-order valence-corrected chi connectivity index (χ1v) is 12.8. The van der Waals surface area contributed by atoms with Gasteiger partial charge in [-0.15, -0.1) is 0 Å². The predicted molar refractivity (Wildman–Crippen MR) is 144 cm³/mol. The molecular formula is C30H31N3O4. The minimum absolute atomic E-state index is 0.0398. The van der Waals surface area contributed by atoms with E-state index in [9.17, 15) is 14.7 Å². The number of carbonyl (C=O) groups excluding carboxylic acids is 2. The van der Waals surface area contributed by atoms with Crippen LogP contribution < -0.4 is 14.5 Å². The van der Waals surface area contributed by atoms with Crippen molar-refractivity contribution >= 4 is 28.8 Å². The van der Waals surface area contributed by atoms with Gasteiger partial charge in [0.1, 0.15) is 11.5 Å². The van der Waals surface area contributed by atoms with E-state index in [-0.39, 0.29) is 17.4 Å². The van der Waals surface area contributed by atoms with Gasteiger partial charge in [-0.3, -0.25) is 19.5 Å². The first-order chi connectivity index (χ1) is 17.9. The van der Waals surface area contributed by atoms with Crippen LogP contribution in [0.4, 0.5) is 11.4 Å². The number of benzene rings is 2. The second-order valence-electron chi connectivity index (χ2n) is 9.71. The Balaban J connectivity index is 1.57. The molecular weight excluding hydrogens is 466 g/mol. The van der Waals surface area contributed by atoms with Crippen molar-refractivity contribution in [3.05, 3.63) is 89.8 Å². The summed E-state index contributed by atoms with van der Waals surface area (Å²) in [4.78, 5) is 34.7. The first-order valence-electron chi connectivity index (χ1n) is 12.8. The maximum Gasteiger partial charge on any atom is 0.300 e. The fourth-order valence-corrected chi connectivity index (χ4v) is 5.08. The van der Waals surface area contributed by atoms with Gasteiger partial charge < -0.3 is 14.7 Å². The van der Waals surface area contributed by atoms with Crippen LogP contribution in [0.15, 0.2) is 78.6 Å². The SMILES string of the molecule is CC(C)Oc1cccc(/C(O)=C2\C(=O)C(=O)N(c3ccc(N4CCCCC4)cc3)C2c2ccncc2)c1. The smallest absolute Gasteiger partial charge is 0.300 e. The van der Waals surface area contributed by atoms with Crippen LogP contribution in [-0.4, -0.2) is 41.0 Å². The Bertz CT molecular complexity index is 1310. The second-order valence-corrected chi connectivity index (χ2v) is 9.71. The molecule has 0 spiro atoms. The fraction of sp³-hybridized carbons (Fsp3) is 0.300. The third kappa shape index (κ3) is 4.94. The van der Waals surface area contributed by atoms with Crippen molar-refractivity contribution in [1.29, 1.82) is 0 Å². The molecule has 3 heterocycles. The lowest BCUT2D eigenvalue weighted by molar-refractivity contribution is -0.132. The van der Waals surface area contributed by atoms with Crippen molar-refractivity contribution < 1.29 is 19.4 Å². The number of pyridine rings is 1. The zero-order valence-corrected chi connectivity index (χ0v) is 21.1. The standard InChI is InChI=1S/C30H31N3O4/c1-20(2)37-25-8-6-7-22(19-25)28(34)26-27(21-13-15-31-16-14-21)33(30(36)29(26)35)24-11-9-23(10-12-24)32-17-4-3-5-18-32/h6-16,19-20,27,34H,3-5,17-18H2,1-2H3/b28-26+. The van der Waals surface area contributed by atoms with Gasteiger partial charge in [0.15, 0.2) is 0 Å². The van der Waals surface area contributed by atoms with Crippen LogP contribution in [0, 0.1) is 0 Å². The number of carbonyl (C=O) groups is 2. The highest BCUT2D eigenvalue weighted by atomic mass is 16.5. The molecule has 1 atom stereocenters. The molecule has 0 aliphatic carbocycles. The number of Topliss-reactive ketones (excluding diaryl/α,β-unsaturated/α-hetero) is 1. The number of anilines is 2. The summed E-state index contributed by atoms with van der Waals surface area (Å²) < 4.78 is 5.77. The number of hydrogen-bond acceptors (Lipinski definition) is 6. The molecule has 2 fully saturated rings. The molecule has 1 amide bonds. The molecule has 0 saturated carbocycles. The highest BCUT2D eigenvalue weighted by Gasteiger charge is 2.47. The van der Waals surface area contributed by atoms with Gasteiger partial charge in [0.25, 0.3) is 11.7 Å². The van der Waals surface area contributed by atoms with Gasteiger partial charge in [-0.2, -0.15) is 0 Å². The average Bonchev–Trinajstić information content (AvgIpc) is 3.19. The number of nitrogens with zero attached hydrogens (tertiary/aromatic N) is 3. The maximum absolute atomic E-state index is 13.4. The maximum atomic E-state index is 13.4. The molecule has 7 nitrogen and oxygen atoms in total. The van der Waals surface area contributed by atoms with Gasteiger partial charge in [0.2, 0.25) is 0 Å². The van der Waals surface area contributed by atoms with Crippen molar-refractivity contribution in [2.75, 3.05) is 22.9 Å². The third-order valence-electron chi connectivity index (χ3n) is 6.79. The number of aliphatic hydroxyl groups excluding tert-OH is 1.